The molecule has 1 unspecified atom stereocenters. The Labute approximate surface area is 105 Å². The van der Waals surface area contributed by atoms with Gasteiger partial charge in [-0.15, -0.1) is 0 Å². The molecule has 1 rings (SSSR count). The van der Waals surface area contributed by atoms with Crippen LogP contribution in [0.15, 0.2) is 0 Å². The second kappa shape index (κ2) is 6.71. The van der Waals surface area contributed by atoms with Gasteiger partial charge in [-0.2, -0.15) is 0 Å². The van der Waals surface area contributed by atoms with Gasteiger partial charge in [-0.3, -0.25) is 0 Å². The van der Waals surface area contributed by atoms with Crippen molar-refractivity contribution in [1.82, 2.24) is 4.90 Å². The van der Waals surface area contributed by atoms with E-state index in [1.54, 1.807) is 0 Å². The van der Waals surface area contributed by atoms with Gasteiger partial charge in [-0.05, 0) is 25.8 Å². The number of hydrogen-bond acceptors (Lipinski definition) is 4. The van der Waals surface area contributed by atoms with Crippen LogP contribution in [0.5, 0.6) is 0 Å². The molecule has 0 aromatic rings. The van der Waals surface area contributed by atoms with Crippen LogP contribution in [-0.2, 0) is 9.84 Å². The molecule has 0 saturated heterocycles. The monoisotopic (exact) mass is 262 g/mol. The molecule has 1 fully saturated rings. The molecule has 0 amide bonds. The molecule has 1 aliphatic carbocycles. The third kappa shape index (κ3) is 5.36. The smallest absolute Gasteiger partial charge is 0.148 e. The summed E-state index contributed by atoms with van der Waals surface area (Å²) in [5.74, 6) is 0.880. The summed E-state index contributed by atoms with van der Waals surface area (Å²) in [7, 11) is -0.877. The lowest BCUT2D eigenvalue weighted by Gasteiger charge is -2.35. The van der Waals surface area contributed by atoms with Gasteiger partial charge in [0.1, 0.15) is 9.84 Å². The highest BCUT2D eigenvalue weighted by Crippen LogP contribution is 2.28. The Hall–Kier alpha value is -0.130. The number of nitrogens with zero attached hydrogens (tertiary/aromatic N) is 1. The van der Waals surface area contributed by atoms with Crippen LogP contribution in [-0.4, -0.2) is 51.5 Å². The van der Waals surface area contributed by atoms with E-state index in [1.165, 1.54) is 38.4 Å². The van der Waals surface area contributed by atoms with Crippen LogP contribution >= 0.6 is 0 Å². The van der Waals surface area contributed by atoms with E-state index in [0.717, 1.165) is 0 Å². The molecule has 1 atom stereocenters. The number of nitrogens with two attached hydrogens (primary N) is 1. The van der Waals surface area contributed by atoms with Gasteiger partial charge in [0.15, 0.2) is 0 Å². The van der Waals surface area contributed by atoms with Crippen molar-refractivity contribution in [3.8, 4) is 0 Å². The van der Waals surface area contributed by atoms with Crippen LogP contribution in [0.1, 0.15) is 32.1 Å². The molecule has 0 spiro atoms. The predicted octanol–water partition coefficient (Wildman–Crippen LogP) is 0.870. The third-order valence-electron chi connectivity index (χ3n) is 3.82. The predicted molar refractivity (Wildman–Crippen MR) is 71.8 cm³/mol. The summed E-state index contributed by atoms with van der Waals surface area (Å²) in [6.07, 6.45) is 7.69. The largest absolute Gasteiger partial charge is 0.329 e. The minimum Gasteiger partial charge on any atom is -0.329 e. The van der Waals surface area contributed by atoms with Gasteiger partial charge in [0.05, 0.1) is 5.75 Å². The van der Waals surface area contributed by atoms with Crippen molar-refractivity contribution in [2.24, 2.45) is 11.7 Å². The van der Waals surface area contributed by atoms with Crippen molar-refractivity contribution in [3.63, 3.8) is 0 Å². The fraction of sp³-hybridized carbons (Fsp3) is 1.00. The van der Waals surface area contributed by atoms with E-state index < -0.39 is 9.84 Å². The Kier molecular flexibility index (Phi) is 5.89. The second-order valence-corrected chi connectivity index (χ2v) is 7.57. The van der Waals surface area contributed by atoms with Crippen LogP contribution in [0.3, 0.4) is 0 Å². The van der Waals surface area contributed by atoms with E-state index in [9.17, 15) is 8.42 Å². The van der Waals surface area contributed by atoms with Crippen molar-refractivity contribution in [3.05, 3.63) is 0 Å². The highest BCUT2D eigenvalue weighted by Gasteiger charge is 2.25. The molecule has 0 aliphatic heterocycles. The Bertz CT molecular complexity index is 310. The number of hydrogen-bond donors (Lipinski definition) is 1. The Morgan fingerprint density at radius 2 is 1.88 bits per heavy atom. The summed E-state index contributed by atoms with van der Waals surface area (Å²) in [6.45, 7) is 1.22. The van der Waals surface area contributed by atoms with Crippen molar-refractivity contribution in [2.75, 3.05) is 32.1 Å². The second-order valence-electron chi connectivity index (χ2n) is 5.31. The first kappa shape index (κ1) is 14.9. The summed E-state index contributed by atoms with van der Waals surface area (Å²) in [5, 5.41) is 0. The summed E-state index contributed by atoms with van der Waals surface area (Å²) in [4.78, 5) is 2.14. The lowest BCUT2D eigenvalue weighted by Crippen LogP contribution is -2.45. The Morgan fingerprint density at radius 1 is 1.29 bits per heavy atom. The van der Waals surface area contributed by atoms with Gasteiger partial charge in [-0.1, -0.05) is 19.3 Å². The minimum absolute atomic E-state index is 0.229. The molecule has 2 N–H and O–H groups in total. The lowest BCUT2D eigenvalue weighted by molar-refractivity contribution is 0.155. The first-order valence-corrected chi connectivity index (χ1v) is 8.58. The van der Waals surface area contributed by atoms with Crippen molar-refractivity contribution in [1.29, 1.82) is 0 Å². The number of sulfone groups is 1. The zero-order valence-electron chi connectivity index (χ0n) is 11.1. The lowest BCUT2D eigenvalue weighted by atomic mass is 9.83. The first-order chi connectivity index (χ1) is 7.94. The maximum atomic E-state index is 11.2. The average Bonchev–Trinajstić information content (AvgIpc) is 2.28. The number of likely N-dealkylation sites (N-methyl/N-ethyl adjacent to an activating group) is 1. The highest BCUT2D eigenvalue weighted by atomic mass is 32.2. The SMILES string of the molecule is CN(CCS(C)(=O)=O)C(CN)C1CCCCC1. The van der Waals surface area contributed by atoms with E-state index in [-0.39, 0.29) is 5.75 Å². The highest BCUT2D eigenvalue weighted by molar-refractivity contribution is 7.90. The van der Waals surface area contributed by atoms with Crippen LogP contribution in [0.25, 0.3) is 0 Å². The molecule has 17 heavy (non-hydrogen) atoms. The zero-order valence-corrected chi connectivity index (χ0v) is 11.9. The van der Waals surface area contributed by atoms with Crippen LogP contribution < -0.4 is 5.73 Å². The summed E-state index contributed by atoms with van der Waals surface area (Å²) in [6, 6.07) is 0.344. The molecule has 1 saturated carbocycles. The Balaban J connectivity index is 2.47. The van der Waals surface area contributed by atoms with Gasteiger partial charge >= 0.3 is 0 Å². The first-order valence-electron chi connectivity index (χ1n) is 6.52. The molecule has 0 aromatic heterocycles. The fourth-order valence-corrected chi connectivity index (χ4v) is 3.35. The molecule has 0 heterocycles. The van der Waals surface area contributed by atoms with Gasteiger partial charge in [-0.25, -0.2) is 8.42 Å². The topological polar surface area (TPSA) is 63.4 Å². The molecule has 102 valence electrons. The van der Waals surface area contributed by atoms with Crippen molar-refractivity contribution < 1.29 is 8.42 Å². The van der Waals surface area contributed by atoms with E-state index in [1.807, 2.05) is 7.05 Å². The van der Waals surface area contributed by atoms with Gasteiger partial charge in [0.2, 0.25) is 0 Å². The van der Waals surface area contributed by atoms with Crippen molar-refractivity contribution in [2.45, 2.75) is 38.1 Å². The third-order valence-corrected chi connectivity index (χ3v) is 4.74. The van der Waals surface area contributed by atoms with E-state index in [0.29, 0.717) is 25.0 Å². The molecule has 0 bridgehead atoms. The van der Waals surface area contributed by atoms with Crippen LogP contribution in [0, 0.1) is 5.92 Å². The summed E-state index contributed by atoms with van der Waals surface area (Å²) >= 11 is 0. The standard InChI is InChI=1S/C12H26N2O2S/c1-14(8-9-17(2,15)16)12(10-13)11-6-4-3-5-7-11/h11-12H,3-10,13H2,1-2H3. The molecule has 5 heteroatoms. The van der Waals surface area contributed by atoms with E-state index >= 15 is 0 Å². The Morgan fingerprint density at radius 3 is 2.35 bits per heavy atom. The molecular weight excluding hydrogens is 236 g/mol. The molecule has 1 aliphatic rings. The van der Waals surface area contributed by atoms with Gasteiger partial charge in [0, 0.05) is 25.4 Å². The molecular formula is C12H26N2O2S. The fourth-order valence-electron chi connectivity index (χ4n) is 2.73. The van der Waals surface area contributed by atoms with Crippen LogP contribution in [0.4, 0.5) is 0 Å². The van der Waals surface area contributed by atoms with Gasteiger partial charge < -0.3 is 10.6 Å². The average molecular weight is 262 g/mol. The zero-order chi connectivity index (χ0) is 12.9. The number of rotatable bonds is 6. The normalized spacial score (nSPS) is 20.7. The van der Waals surface area contributed by atoms with E-state index in [2.05, 4.69) is 4.90 Å². The van der Waals surface area contributed by atoms with E-state index in [4.69, 9.17) is 5.73 Å². The quantitative estimate of drug-likeness (QED) is 0.771. The molecule has 0 aromatic carbocycles. The molecule has 4 nitrogen and oxygen atoms in total. The molecule has 0 radical (unpaired) electrons. The summed E-state index contributed by atoms with van der Waals surface area (Å²) in [5.41, 5.74) is 5.85. The van der Waals surface area contributed by atoms with Crippen molar-refractivity contribution >= 4 is 9.84 Å². The maximum absolute atomic E-state index is 11.2. The summed E-state index contributed by atoms with van der Waals surface area (Å²) < 4.78 is 22.3. The maximum Gasteiger partial charge on any atom is 0.148 e. The van der Waals surface area contributed by atoms with Gasteiger partial charge in [0.25, 0.3) is 0 Å². The minimum atomic E-state index is -2.87. The van der Waals surface area contributed by atoms with Crippen LogP contribution in [0.2, 0.25) is 0 Å².